The van der Waals surface area contributed by atoms with E-state index in [1.807, 2.05) is 6.07 Å². The van der Waals surface area contributed by atoms with Gasteiger partial charge in [-0.1, -0.05) is 0 Å². The van der Waals surface area contributed by atoms with Crippen molar-refractivity contribution >= 4 is 43.3 Å². The largest absolute Gasteiger partial charge is 0.466 e. The lowest BCUT2D eigenvalue weighted by molar-refractivity contribution is -0.148. The molecule has 2 aromatic rings. The zero-order valence-corrected chi connectivity index (χ0v) is 13.0. The first kappa shape index (κ1) is 14.4. The lowest BCUT2D eigenvalue weighted by atomic mass is 10.0. The smallest absolute Gasteiger partial charge is 0.309 e. The molecule has 0 aliphatic rings. The highest BCUT2D eigenvalue weighted by molar-refractivity contribution is 9.10. The highest BCUT2D eigenvalue weighted by Crippen LogP contribution is 2.37. The third-order valence-electron chi connectivity index (χ3n) is 2.72. The molecule has 0 bridgehead atoms. The van der Waals surface area contributed by atoms with Crippen molar-refractivity contribution in [3.63, 3.8) is 0 Å². The van der Waals surface area contributed by atoms with Gasteiger partial charge in [0.1, 0.15) is 5.60 Å². The summed E-state index contributed by atoms with van der Waals surface area (Å²) in [4.78, 5) is 16.3. The van der Waals surface area contributed by atoms with Gasteiger partial charge in [0.25, 0.3) is 0 Å². The standard InChI is InChI=1S/C13H14BrNO3S/c1-3-18-12(16)5-13(2,17)11-4-8-9(14)6-15-7-10(8)19-11/h4,6-7,17H,3,5H2,1-2H3. The summed E-state index contributed by atoms with van der Waals surface area (Å²) < 4.78 is 6.72. The van der Waals surface area contributed by atoms with Crippen LogP contribution in [0.2, 0.25) is 0 Å². The molecule has 0 amide bonds. The summed E-state index contributed by atoms with van der Waals surface area (Å²) in [6.07, 6.45) is 3.40. The molecular weight excluding hydrogens is 330 g/mol. The van der Waals surface area contributed by atoms with E-state index in [0.717, 1.165) is 19.4 Å². The maximum absolute atomic E-state index is 11.5. The van der Waals surface area contributed by atoms with Crippen LogP contribution in [0.5, 0.6) is 0 Å². The first-order chi connectivity index (χ1) is 8.94. The minimum atomic E-state index is -1.23. The number of aliphatic hydroxyl groups is 1. The van der Waals surface area contributed by atoms with Crippen molar-refractivity contribution in [2.24, 2.45) is 0 Å². The van der Waals surface area contributed by atoms with Crippen molar-refractivity contribution in [1.29, 1.82) is 0 Å². The van der Waals surface area contributed by atoms with E-state index >= 15 is 0 Å². The molecule has 1 unspecified atom stereocenters. The van der Waals surface area contributed by atoms with Crippen LogP contribution in [0.3, 0.4) is 0 Å². The number of hydrogen-bond acceptors (Lipinski definition) is 5. The maximum atomic E-state index is 11.5. The number of thiophene rings is 1. The number of pyridine rings is 1. The van der Waals surface area contributed by atoms with E-state index in [4.69, 9.17) is 4.74 Å². The Morgan fingerprint density at radius 3 is 2.95 bits per heavy atom. The SMILES string of the molecule is CCOC(=O)CC(C)(O)c1cc2c(Br)cncc2s1. The second kappa shape index (κ2) is 5.56. The van der Waals surface area contributed by atoms with Gasteiger partial charge in [-0.15, -0.1) is 11.3 Å². The number of carbonyl (C=O) groups excluding carboxylic acids is 1. The number of hydrogen-bond donors (Lipinski definition) is 1. The van der Waals surface area contributed by atoms with Gasteiger partial charge in [0, 0.05) is 27.1 Å². The number of carbonyl (C=O) groups is 1. The van der Waals surface area contributed by atoms with Gasteiger partial charge >= 0.3 is 5.97 Å². The average molecular weight is 344 g/mol. The lowest BCUT2D eigenvalue weighted by Gasteiger charge is -2.20. The number of aromatic nitrogens is 1. The van der Waals surface area contributed by atoms with Crippen LogP contribution in [0.4, 0.5) is 0 Å². The molecule has 2 rings (SSSR count). The Bertz CT molecular complexity index is 609. The van der Waals surface area contributed by atoms with Crippen molar-refractivity contribution in [2.45, 2.75) is 25.9 Å². The fraction of sp³-hybridized carbons (Fsp3) is 0.385. The maximum Gasteiger partial charge on any atom is 0.309 e. The van der Waals surface area contributed by atoms with E-state index in [0.29, 0.717) is 6.61 Å². The molecule has 0 aliphatic carbocycles. The Balaban J connectivity index is 2.32. The van der Waals surface area contributed by atoms with E-state index in [-0.39, 0.29) is 6.42 Å². The second-order valence-corrected chi connectivity index (χ2v) is 6.34. The minimum absolute atomic E-state index is 0.0568. The van der Waals surface area contributed by atoms with Gasteiger partial charge in [-0.2, -0.15) is 0 Å². The van der Waals surface area contributed by atoms with Gasteiger partial charge in [-0.05, 0) is 35.8 Å². The van der Waals surface area contributed by atoms with Crippen LogP contribution in [0.1, 0.15) is 25.1 Å². The summed E-state index contributed by atoms with van der Waals surface area (Å²) in [5.41, 5.74) is -1.23. The normalized spacial score (nSPS) is 14.3. The first-order valence-corrected chi connectivity index (χ1v) is 7.46. The fourth-order valence-corrected chi connectivity index (χ4v) is 3.45. The Morgan fingerprint density at radius 2 is 2.32 bits per heavy atom. The van der Waals surface area contributed by atoms with Crippen LogP contribution in [0.25, 0.3) is 10.1 Å². The Kier molecular flexibility index (Phi) is 4.23. The molecule has 0 saturated carbocycles. The fourth-order valence-electron chi connectivity index (χ4n) is 1.77. The molecule has 0 aromatic carbocycles. The first-order valence-electron chi connectivity index (χ1n) is 5.85. The van der Waals surface area contributed by atoms with E-state index < -0.39 is 11.6 Å². The zero-order valence-electron chi connectivity index (χ0n) is 10.6. The number of rotatable bonds is 4. The molecule has 0 aliphatic heterocycles. The van der Waals surface area contributed by atoms with Gasteiger partial charge < -0.3 is 9.84 Å². The quantitative estimate of drug-likeness (QED) is 0.866. The predicted molar refractivity (Wildman–Crippen MR) is 78.1 cm³/mol. The molecule has 19 heavy (non-hydrogen) atoms. The summed E-state index contributed by atoms with van der Waals surface area (Å²) in [6.45, 7) is 3.68. The third-order valence-corrected chi connectivity index (χ3v) is 4.68. The molecule has 2 aromatic heterocycles. The van der Waals surface area contributed by atoms with Crippen LogP contribution in [0.15, 0.2) is 22.9 Å². The summed E-state index contributed by atoms with van der Waals surface area (Å²) >= 11 is 4.85. The second-order valence-electron chi connectivity index (χ2n) is 4.40. The summed E-state index contributed by atoms with van der Waals surface area (Å²) in [5.74, 6) is -0.401. The molecule has 1 atom stereocenters. The van der Waals surface area contributed by atoms with Gasteiger partial charge in [-0.3, -0.25) is 9.78 Å². The van der Waals surface area contributed by atoms with Crippen molar-refractivity contribution in [3.8, 4) is 0 Å². The molecule has 0 spiro atoms. The van der Waals surface area contributed by atoms with Gasteiger partial charge in [-0.25, -0.2) is 0 Å². The molecule has 2 heterocycles. The van der Waals surface area contributed by atoms with E-state index in [1.165, 1.54) is 11.3 Å². The van der Waals surface area contributed by atoms with E-state index in [1.54, 1.807) is 26.2 Å². The summed E-state index contributed by atoms with van der Waals surface area (Å²) in [7, 11) is 0. The van der Waals surface area contributed by atoms with E-state index in [2.05, 4.69) is 20.9 Å². The van der Waals surface area contributed by atoms with Crippen LogP contribution in [-0.2, 0) is 15.1 Å². The Hall–Kier alpha value is -0.980. The highest BCUT2D eigenvalue weighted by Gasteiger charge is 2.29. The zero-order chi connectivity index (χ0) is 14.0. The molecule has 0 saturated heterocycles. The van der Waals surface area contributed by atoms with Crippen molar-refractivity contribution in [1.82, 2.24) is 4.98 Å². The van der Waals surface area contributed by atoms with Crippen molar-refractivity contribution < 1.29 is 14.6 Å². The van der Waals surface area contributed by atoms with Crippen molar-refractivity contribution in [2.75, 3.05) is 6.61 Å². The van der Waals surface area contributed by atoms with Gasteiger partial charge in [0.05, 0.1) is 17.7 Å². The van der Waals surface area contributed by atoms with E-state index in [9.17, 15) is 9.90 Å². The van der Waals surface area contributed by atoms with Crippen LogP contribution < -0.4 is 0 Å². The number of halogens is 1. The Morgan fingerprint density at radius 1 is 1.58 bits per heavy atom. The molecular formula is C13H14BrNO3S. The third kappa shape index (κ3) is 3.13. The van der Waals surface area contributed by atoms with Crippen LogP contribution >= 0.6 is 27.3 Å². The number of ether oxygens (including phenoxy) is 1. The van der Waals surface area contributed by atoms with Gasteiger partial charge in [0.15, 0.2) is 0 Å². The average Bonchev–Trinajstić information content (AvgIpc) is 2.74. The number of esters is 1. The van der Waals surface area contributed by atoms with Crippen LogP contribution in [0, 0.1) is 0 Å². The minimum Gasteiger partial charge on any atom is -0.466 e. The highest BCUT2D eigenvalue weighted by atomic mass is 79.9. The molecule has 102 valence electrons. The number of fused-ring (bicyclic) bond motifs is 1. The topological polar surface area (TPSA) is 59.4 Å². The molecule has 0 radical (unpaired) electrons. The molecule has 6 heteroatoms. The van der Waals surface area contributed by atoms with Crippen LogP contribution in [-0.4, -0.2) is 22.7 Å². The predicted octanol–water partition coefficient (Wildman–Crippen LogP) is 3.22. The number of nitrogens with zero attached hydrogens (tertiary/aromatic N) is 1. The Labute approximate surface area is 123 Å². The van der Waals surface area contributed by atoms with Gasteiger partial charge in [0.2, 0.25) is 0 Å². The molecule has 0 fully saturated rings. The summed E-state index contributed by atoms with van der Waals surface area (Å²) in [5, 5.41) is 11.4. The molecule has 1 N–H and O–H groups in total. The molecule has 4 nitrogen and oxygen atoms in total. The summed E-state index contributed by atoms with van der Waals surface area (Å²) in [6, 6.07) is 1.88. The van der Waals surface area contributed by atoms with Crippen molar-refractivity contribution in [3.05, 3.63) is 27.8 Å². The monoisotopic (exact) mass is 343 g/mol. The lowest BCUT2D eigenvalue weighted by Crippen LogP contribution is -2.25.